The van der Waals surface area contributed by atoms with E-state index in [1.54, 1.807) is 18.2 Å². The molecule has 0 fully saturated rings. The Labute approximate surface area is 108 Å². The van der Waals surface area contributed by atoms with Gasteiger partial charge >= 0.3 is 0 Å². The summed E-state index contributed by atoms with van der Waals surface area (Å²) in [6, 6.07) is 4.71. The third-order valence-corrected chi connectivity index (χ3v) is 2.54. The van der Waals surface area contributed by atoms with Crippen molar-refractivity contribution in [1.29, 1.82) is 0 Å². The second kappa shape index (κ2) is 5.12. The van der Waals surface area contributed by atoms with Crippen molar-refractivity contribution in [2.45, 2.75) is 0 Å². The lowest BCUT2D eigenvalue weighted by Gasteiger charge is -2.05. The van der Waals surface area contributed by atoms with E-state index < -0.39 is 0 Å². The van der Waals surface area contributed by atoms with Gasteiger partial charge in [0.1, 0.15) is 5.82 Å². The number of hydrogen-bond acceptors (Lipinski definition) is 3. The molecule has 6 heteroatoms. The quantitative estimate of drug-likeness (QED) is 0.910. The molecule has 0 radical (unpaired) electrons. The largest absolute Gasteiger partial charge is 0.306 e. The number of carbonyl (C=O) groups is 1. The summed E-state index contributed by atoms with van der Waals surface area (Å²) >= 11 is 11.6. The van der Waals surface area contributed by atoms with Crippen LogP contribution in [0.1, 0.15) is 10.4 Å². The molecule has 4 nitrogen and oxygen atoms in total. The van der Waals surface area contributed by atoms with Crippen molar-refractivity contribution in [2.24, 2.45) is 0 Å². The Morgan fingerprint density at radius 2 is 2.06 bits per heavy atom. The predicted molar refractivity (Wildman–Crippen MR) is 66.4 cm³/mol. The molecule has 2 aromatic rings. The van der Waals surface area contributed by atoms with E-state index in [0.29, 0.717) is 15.9 Å². The number of hydrogen-bond donors (Lipinski definition) is 1. The van der Waals surface area contributed by atoms with Crippen LogP contribution in [0.25, 0.3) is 0 Å². The van der Waals surface area contributed by atoms with E-state index in [1.807, 2.05) is 0 Å². The van der Waals surface area contributed by atoms with E-state index in [9.17, 15) is 4.79 Å². The third kappa shape index (κ3) is 2.93. The summed E-state index contributed by atoms with van der Waals surface area (Å²) in [7, 11) is 0. The summed E-state index contributed by atoms with van der Waals surface area (Å²) in [6.07, 6.45) is 4.40. The number of nitrogens with one attached hydrogen (secondary N) is 1. The second-order valence-electron chi connectivity index (χ2n) is 3.17. The minimum absolute atomic E-state index is 0.288. The molecule has 0 aliphatic rings. The molecule has 2 heterocycles. The molecular formula is C11H7Cl2N3O. The fraction of sp³-hybridized carbons (Fsp3) is 0. The van der Waals surface area contributed by atoms with Crippen LogP contribution in [0.4, 0.5) is 5.82 Å². The molecule has 0 atom stereocenters. The third-order valence-electron chi connectivity index (χ3n) is 1.98. The SMILES string of the molecule is O=C(Nc1cc(Cl)ccn1)c1cnccc1Cl. The molecule has 0 bridgehead atoms. The Balaban J connectivity index is 2.20. The number of rotatable bonds is 2. The van der Waals surface area contributed by atoms with Gasteiger partial charge in [0, 0.05) is 23.6 Å². The summed E-state index contributed by atoms with van der Waals surface area (Å²) in [5.74, 6) is -0.0136. The Morgan fingerprint density at radius 1 is 1.24 bits per heavy atom. The highest BCUT2D eigenvalue weighted by atomic mass is 35.5. The van der Waals surface area contributed by atoms with Gasteiger partial charge in [0.2, 0.25) is 0 Å². The van der Waals surface area contributed by atoms with Gasteiger partial charge in [-0.15, -0.1) is 0 Å². The van der Waals surface area contributed by atoms with E-state index >= 15 is 0 Å². The number of carbonyl (C=O) groups excluding carboxylic acids is 1. The fourth-order valence-electron chi connectivity index (χ4n) is 1.20. The van der Waals surface area contributed by atoms with Gasteiger partial charge in [-0.2, -0.15) is 0 Å². The van der Waals surface area contributed by atoms with Crippen LogP contribution in [-0.4, -0.2) is 15.9 Å². The standard InChI is InChI=1S/C11H7Cl2N3O/c12-7-1-4-15-10(5-7)16-11(17)8-6-14-3-2-9(8)13/h1-6H,(H,15,16,17). The van der Waals surface area contributed by atoms with Crippen LogP contribution in [-0.2, 0) is 0 Å². The lowest BCUT2D eigenvalue weighted by molar-refractivity contribution is 0.102. The highest BCUT2D eigenvalue weighted by Crippen LogP contribution is 2.16. The predicted octanol–water partition coefficient (Wildman–Crippen LogP) is 3.04. The number of pyridine rings is 2. The molecule has 0 aromatic carbocycles. The molecule has 0 aliphatic heterocycles. The van der Waals surface area contributed by atoms with E-state index in [4.69, 9.17) is 23.2 Å². The Bertz CT molecular complexity index is 560. The molecule has 2 rings (SSSR count). The first-order valence-corrected chi connectivity index (χ1v) is 5.45. The molecule has 1 amide bonds. The number of amides is 1. The zero-order valence-corrected chi connectivity index (χ0v) is 10.0. The van der Waals surface area contributed by atoms with Crippen molar-refractivity contribution in [2.75, 3.05) is 5.32 Å². The fourth-order valence-corrected chi connectivity index (χ4v) is 1.55. The lowest BCUT2D eigenvalue weighted by atomic mass is 10.2. The van der Waals surface area contributed by atoms with Crippen molar-refractivity contribution in [1.82, 2.24) is 9.97 Å². The highest BCUT2D eigenvalue weighted by molar-refractivity contribution is 6.34. The van der Waals surface area contributed by atoms with Crippen molar-refractivity contribution in [3.05, 3.63) is 52.4 Å². The summed E-state index contributed by atoms with van der Waals surface area (Å²) in [4.78, 5) is 19.6. The first-order chi connectivity index (χ1) is 8.16. The zero-order valence-electron chi connectivity index (χ0n) is 8.52. The molecule has 0 saturated heterocycles. The first kappa shape index (κ1) is 11.8. The summed E-state index contributed by atoms with van der Waals surface area (Å²) in [5.41, 5.74) is 0.288. The molecule has 0 aliphatic carbocycles. The smallest absolute Gasteiger partial charge is 0.259 e. The number of anilines is 1. The molecule has 86 valence electrons. The van der Waals surface area contributed by atoms with Gasteiger partial charge in [0.05, 0.1) is 10.6 Å². The van der Waals surface area contributed by atoms with Gasteiger partial charge in [-0.1, -0.05) is 23.2 Å². The van der Waals surface area contributed by atoms with Crippen molar-refractivity contribution in [3.8, 4) is 0 Å². The average molecular weight is 268 g/mol. The monoisotopic (exact) mass is 267 g/mol. The Kier molecular flexibility index (Phi) is 3.56. The molecule has 2 aromatic heterocycles. The van der Waals surface area contributed by atoms with Gasteiger partial charge in [-0.25, -0.2) is 4.98 Å². The van der Waals surface area contributed by atoms with Crippen LogP contribution in [0.2, 0.25) is 10.0 Å². The number of halogens is 2. The van der Waals surface area contributed by atoms with Gasteiger partial charge in [0.15, 0.2) is 0 Å². The van der Waals surface area contributed by atoms with Crippen LogP contribution in [0, 0.1) is 0 Å². The molecule has 0 saturated carbocycles. The summed E-state index contributed by atoms with van der Waals surface area (Å²) < 4.78 is 0. The van der Waals surface area contributed by atoms with Crippen LogP contribution < -0.4 is 5.32 Å². The number of nitrogens with zero attached hydrogens (tertiary/aromatic N) is 2. The van der Waals surface area contributed by atoms with Gasteiger partial charge < -0.3 is 5.32 Å². The van der Waals surface area contributed by atoms with Gasteiger partial charge in [0.25, 0.3) is 5.91 Å². The second-order valence-corrected chi connectivity index (χ2v) is 4.01. The van der Waals surface area contributed by atoms with E-state index in [0.717, 1.165) is 0 Å². The Morgan fingerprint density at radius 3 is 2.76 bits per heavy atom. The summed E-state index contributed by atoms with van der Waals surface area (Å²) in [5, 5.41) is 3.41. The summed E-state index contributed by atoms with van der Waals surface area (Å²) in [6.45, 7) is 0. The van der Waals surface area contributed by atoms with Crippen LogP contribution in [0.5, 0.6) is 0 Å². The normalized spacial score (nSPS) is 10.0. The maximum atomic E-state index is 11.8. The maximum Gasteiger partial charge on any atom is 0.259 e. The van der Waals surface area contributed by atoms with Crippen LogP contribution >= 0.6 is 23.2 Å². The number of aromatic nitrogens is 2. The van der Waals surface area contributed by atoms with E-state index in [1.165, 1.54) is 18.6 Å². The van der Waals surface area contributed by atoms with Gasteiger partial charge in [-0.3, -0.25) is 9.78 Å². The Hall–Kier alpha value is -1.65. The van der Waals surface area contributed by atoms with E-state index in [-0.39, 0.29) is 11.5 Å². The topological polar surface area (TPSA) is 54.9 Å². The van der Waals surface area contributed by atoms with Crippen molar-refractivity contribution < 1.29 is 4.79 Å². The molecule has 17 heavy (non-hydrogen) atoms. The first-order valence-electron chi connectivity index (χ1n) is 4.69. The van der Waals surface area contributed by atoms with Crippen LogP contribution in [0.15, 0.2) is 36.8 Å². The molecule has 0 spiro atoms. The van der Waals surface area contributed by atoms with Crippen LogP contribution in [0.3, 0.4) is 0 Å². The van der Waals surface area contributed by atoms with E-state index in [2.05, 4.69) is 15.3 Å². The van der Waals surface area contributed by atoms with Gasteiger partial charge in [-0.05, 0) is 18.2 Å². The molecule has 1 N–H and O–H groups in total. The lowest BCUT2D eigenvalue weighted by Crippen LogP contribution is -2.13. The highest BCUT2D eigenvalue weighted by Gasteiger charge is 2.10. The zero-order chi connectivity index (χ0) is 12.3. The minimum atomic E-state index is -0.377. The maximum absolute atomic E-state index is 11.8. The van der Waals surface area contributed by atoms with Crippen molar-refractivity contribution in [3.63, 3.8) is 0 Å². The minimum Gasteiger partial charge on any atom is -0.306 e. The average Bonchev–Trinajstić information content (AvgIpc) is 2.29. The molecular weight excluding hydrogens is 261 g/mol. The molecule has 0 unspecified atom stereocenters. The van der Waals surface area contributed by atoms with Crippen molar-refractivity contribution >= 4 is 34.9 Å².